The largest absolute Gasteiger partial charge is 0.465 e. The van der Waals surface area contributed by atoms with Gasteiger partial charge in [-0.25, -0.2) is 0 Å². The van der Waals surface area contributed by atoms with Gasteiger partial charge in [-0.1, -0.05) is 47.0 Å². The maximum absolute atomic E-state index is 12.7. The Morgan fingerprint density at radius 3 is 1.88 bits per heavy atom. The molecule has 1 aliphatic carbocycles. The van der Waals surface area contributed by atoms with Gasteiger partial charge in [0.2, 0.25) is 0 Å². The molecule has 0 N–H and O–H groups in total. The molecule has 0 saturated heterocycles. The van der Waals surface area contributed by atoms with Crippen LogP contribution in [0.4, 0.5) is 0 Å². The van der Waals surface area contributed by atoms with Crippen LogP contribution in [0.25, 0.3) is 0 Å². The molecule has 0 amide bonds. The lowest BCUT2D eigenvalue weighted by Crippen LogP contribution is -2.44. The van der Waals surface area contributed by atoms with Gasteiger partial charge in [-0.05, 0) is 43.9 Å². The van der Waals surface area contributed by atoms with Crippen LogP contribution in [0.2, 0.25) is 0 Å². The molecular weight excluding hydrogens is 304 g/mol. The zero-order valence-corrected chi connectivity index (χ0v) is 16.0. The second kappa shape index (κ2) is 11.5. The van der Waals surface area contributed by atoms with E-state index in [2.05, 4.69) is 27.7 Å². The van der Waals surface area contributed by atoms with Gasteiger partial charge in [0.05, 0.1) is 25.0 Å². The van der Waals surface area contributed by atoms with E-state index in [9.17, 15) is 9.59 Å². The maximum atomic E-state index is 12.7. The number of unbranched alkanes of at least 4 members (excludes halogenated alkanes) is 2. The van der Waals surface area contributed by atoms with Crippen LogP contribution >= 0.6 is 0 Å². The van der Waals surface area contributed by atoms with Gasteiger partial charge in [-0.15, -0.1) is 0 Å². The van der Waals surface area contributed by atoms with Crippen LogP contribution in [0.5, 0.6) is 0 Å². The standard InChI is InChI=1S/C20H36O4/c1-5-8-13-23-19(21)17-15(4)11-12-16(10-7-3)18(17)20(22)24-14-9-6-2/h15-18H,5-14H2,1-4H3. The third-order valence-electron chi connectivity index (χ3n) is 5.19. The van der Waals surface area contributed by atoms with Crippen molar-refractivity contribution in [2.24, 2.45) is 23.7 Å². The summed E-state index contributed by atoms with van der Waals surface area (Å²) in [5.41, 5.74) is 0. The zero-order chi connectivity index (χ0) is 17.9. The maximum Gasteiger partial charge on any atom is 0.310 e. The lowest BCUT2D eigenvalue weighted by molar-refractivity contribution is -0.169. The molecule has 0 aliphatic heterocycles. The first kappa shape index (κ1) is 21.0. The lowest BCUT2D eigenvalue weighted by Gasteiger charge is -2.39. The first-order chi connectivity index (χ1) is 11.6. The second-order valence-electron chi connectivity index (χ2n) is 7.20. The molecule has 0 radical (unpaired) electrons. The van der Waals surface area contributed by atoms with E-state index in [0.717, 1.165) is 51.4 Å². The highest BCUT2D eigenvalue weighted by Crippen LogP contribution is 2.42. The third kappa shape index (κ3) is 6.10. The molecule has 0 aromatic heterocycles. The Bertz CT molecular complexity index is 380. The van der Waals surface area contributed by atoms with Crippen molar-refractivity contribution in [2.75, 3.05) is 13.2 Å². The second-order valence-corrected chi connectivity index (χ2v) is 7.20. The number of hydrogen-bond acceptors (Lipinski definition) is 4. The molecule has 0 spiro atoms. The number of carbonyl (C=O) groups excluding carboxylic acids is 2. The van der Waals surface area contributed by atoms with Crippen molar-refractivity contribution < 1.29 is 19.1 Å². The monoisotopic (exact) mass is 340 g/mol. The van der Waals surface area contributed by atoms with Gasteiger partial charge in [-0.2, -0.15) is 0 Å². The molecular formula is C20H36O4. The van der Waals surface area contributed by atoms with Crippen molar-refractivity contribution >= 4 is 11.9 Å². The zero-order valence-electron chi connectivity index (χ0n) is 16.0. The van der Waals surface area contributed by atoms with Gasteiger partial charge >= 0.3 is 11.9 Å². The van der Waals surface area contributed by atoms with Gasteiger partial charge in [-0.3, -0.25) is 9.59 Å². The molecule has 0 heterocycles. The normalized spacial score (nSPS) is 26.8. The van der Waals surface area contributed by atoms with Crippen LogP contribution in [0, 0.1) is 23.7 Å². The Balaban J connectivity index is 2.85. The van der Waals surface area contributed by atoms with E-state index in [1.807, 2.05) is 0 Å². The summed E-state index contributed by atoms with van der Waals surface area (Å²) in [4.78, 5) is 25.4. The molecule has 4 unspecified atom stereocenters. The van der Waals surface area contributed by atoms with E-state index in [1.54, 1.807) is 0 Å². The Morgan fingerprint density at radius 2 is 1.38 bits per heavy atom. The molecule has 140 valence electrons. The van der Waals surface area contributed by atoms with E-state index < -0.39 is 0 Å². The molecule has 1 saturated carbocycles. The van der Waals surface area contributed by atoms with Crippen molar-refractivity contribution in [3.05, 3.63) is 0 Å². The summed E-state index contributed by atoms with van der Waals surface area (Å²) < 4.78 is 11.0. The summed E-state index contributed by atoms with van der Waals surface area (Å²) in [6.45, 7) is 9.25. The van der Waals surface area contributed by atoms with Gasteiger partial charge in [0.1, 0.15) is 0 Å². The van der Waals surface area contributed by atoms with E-state index in [-0.39, 0.29) is 35.6 Å². The molecule has 0 aromatic rings. The molecule has 1 aliphatic rings. The van der Waals surface area contributed by atoms with Crippen molar-refractivity contribution in [3.63, 3.8) is 0 Å². The van der Waals surface area contributed by atoms with Crippen LogP contribution in [0.1, 0.15) is 79.1 Å². The molecule has 4 heteroatoms. The first-order valence-electron chi connectivity index (χ1n) is 9.89. The molecule has 1 fully saturated rings. The topological polar surface area (TPSA) is 52.6 Å². The smallest absolute Gasteiger partial charge is 0.310 e. The van der Waals surface area contributed by atoms with Crippen molar-refractivity contribution in [3.8, 4) is 0 Å². The number of hydrogen-bond donors (Lipinski definition) is 0. The number of rotatable bonds is 10. The predicted molar refractivity (Wildman–Crippen MR) is 95.5 cm³/mol. The summed E-state index contributed by atoms with van der Waals surface area (Å²) in [5.74, 6) is -0.652. The van der Waals surface area contributed by atoms with Crippen molar-refractivity contribution in [1.29, 1.82) is 0 Å². The van der Waals surface area contributed by atoms with Crippen LogP contribution < -0.4 is 0 Å². The van der Waals surface area contributed by atoms with E-state index >= 15 is 0 Å². The third-order valence-corrected chi connectivity index (χ3v) is 5.19. The highest BCUT2D eigenvalue weighted by molar-refractivity contribution is 5.83. The summed E-state index contributed by atoms with van der Waals surface area (Å²) in [6, 6.07) is 0. The van der Waals surface area contributed by atoms with Crippen LogP contribution in [0.3, 0.4) is 0 Å². The summed E-state index contributed by atoms with van der Waals surface area (Å²) >= 11 is 0. The van der Waals surface area contributed by atoms with E-state index in [4.69, 9.17) is 9.47 Å². The quantitative estimate of drug-likeness (QED) is 0.425. The Kier molecular flexibility index (Phi) is 10.0. The molecule has 24 heavy (non-hydrogen) atoms. The minimum absolute atomic E-state index is 0.177. The number of esters is 2. The highest BCUT2D eigenvalue weighted by Gasteiger charge is 2.46. The summed E-state index contributed by atoms with van der Waals surface area (Å²) in [5, 5.41) is 0. The van der Waals surface area contributed by atoms with Crippen LogP contribution in [-0.2, 0) is 19.1 Å². The fraction of sp³-hybridized carbons (Fsp3) is 0.900. The van der Waals surface area contributed by atoms with Gasteiger partial charge in [0.25, 0.3) is 0 Å². The molecule has 1 rings (SSSR count). The Morgan fingerprint density at radius 1 is 0.833 bits per heavy atom. The summed E-state index contributed by atoms with van der Waals surface area (Å²) in [6.07, 6.45) is 7.71. The molecule has 4 atom stereocenters. The number of carbonyl (C=O) groups is 2. The van der Waals surface area contributed by atoms with E-state index in [1.165, 1.54) is 0 Å². The average molecular weight is 341 g/mol. The highest BCUT2D eigenvalue weighted by atomic mass is 16.5. The lowest BCUT2D eigenvalue weighted by atomic mass is 9.66. The fourth-order valence-corrected chi connectivity index (χ4v) is 3.72. The Labute approximate surface area is 147 Å². The predicted octanol–water partition coefficient (Wildman–Crippen LogP) is 4.75. The van der Waals surface area contributed by atoms with Gasteiger partial charge < -0.3 is 9.47 Å². The summed E-state index contributed by atoms with van der Waals surface area (Å²) in [7, 11) is 0. The Hall–Kier alpha value is -1.06. The van der Waals surface area contributed by atoms with Crippen LogP contribution in [-0.4, -0.2) is 25.2 Å². The van der Waals surface area contributed by atoms with Gasteiger partial charge in [0.15, 0.2) is 0 Å². The molecule has 0 bridgehead atoms. The minimum Gasteiger partial charge on any atom is -0.465 e. The van der Waals surface area contributed by atoms with Crippen LogP contribution in [0.15, 0.2) is 0 Å². The first-order valence-corrected chi connectivity index (χ1v) is 9.89. The molecule has 4 nitrogen and oxygen atoms in total. The van der Waals surface area contributed by atoms with Gasteiger partial charge in [0, 0.05) is 0 Å². The van der Waals surface area contributed by atoms with Crippen molar-refractivity contribution in [1.82, 2.24) is 0 Å². The fourth-order valence-electron chi connectivity index (χ4n) is 3.72. The SMILES string of the molecule is CCCCOC(=O)C1C(C)CCC(CCC)C1C(=O)OCCCC. The average Bonchev–Trinajstić information content (AvgIpc) is 2.56. The molecule has 0 aromatic carbocycles. The number of ether oxygens (including phenoxy) is 2. The van der Waals surface area contributed by atoms with Crippen molar-refractivity contribution in [2.45, 2.75) is 79.1 Å². The van der Waals surface area contributed by atoms with E-state index in [0.29, 0.717) is 13.2 Å². The minimum atomic E-state index is -0.346.